The van der Waals surface area contributed by atoms with E-state index in [4.69, 9.17) is 0 Å². The highest BCUT2D eigenvalue weighted by atomic mass is 16.2. The predicted octanol–water partition coefficient (Wildman–Crippen LogP) is 1.48. The molecule has 0 radical (unpaired) electrons. The zero-order chi connectivity index (χ0) is 13.7. The molecule has 0 saturated heterocycles. The van der Waals surface area contributed by atoms with Gasteiger partial charge in [-0.25, -0.2) is 4.79 Å². The Hall–Kier alpha value is -2.04. The normalized spacial score (nSPS) is 9.78. The first-order valence-electron chi connectivity index (χ1n) is 5.77. The number of aryl methyl sites for hydroxylation is 3. The third-order valence-corrected chi connectivity index (χ3v) is 2.58. The van der Waals surface area contributed by atoms with Gasteiger partial charge in [-0.05, 0) is 31.9 Å². The van der Waals surface area contributed by atoms with E-state index in [1.165, 1.54) is 7.05 Å². The molecule has 0 spiro atoms. The summed E-state index contributed by atoms with van der Waals surface area (Å²) in [6.07, 6.45) is 0. The van der Waals surface area contributed by atoms with Gasteiger partial charge in [0, 0.05) is 12.7 Å². The number of amides is 3. The molecule has 0 unspecified atom stereocenters. The Morgan fingerprint density at radius 1 is 1.11 bits per heavy atom. The van der Waals surface area contributed by atoms with E-state index in [1.54, 1.807) is 0 Å². The maximum atomic E-state index is 11.7. The van der Waals surface area contributed by atoms with Crippen LogP contribution in [0.1, 0.15) is 16.7 Å². The van der Waals surface area contributed by atoms with Crippen molar-refractivity contribution in [3.63, 3.8) is 0 Å². The molecule has 3 N–H and O–H groups in total. The molecule has 0 bridgehead atoms. The molecule has 1 rings (SSSR count). The van der Waals surface area contributed by atoms with Gasteiger partial charge < -0.3 is 16.0 Å². The predicted molar refractivity (Wildman–Crippen MR) is 71.7 cm³/mol. The maximum Gasteiger partial charge on any atom is 0.314 e. The standard InChI is InChI=1S/C13H19N3O2/c1-8-5-9(2)12(10(3)6-8)16-11(17)7-15-13(18)14-4/h5-6H,7H2,1-4H3,(H,16,17)(H2,14,15,18). The molecule has 0 fully saturated rings. The summed E-state index contributed by atoms with van der Waals surface area (Å²) in [4.78, 5) is 22.6. The van der Waals surface area contributed by atoms with E-state index < -0.39 is 0 Å². The van der Waals surface area contributed by atoms with Gasteiger partial charge in [-0.2, -0.15) is 0 Å². The molecule has 0 aliphatic rings. The number of carbonyl (C=O) groups excluding carboxylic acids is 2. The summed E-state index contributed by atoms with van der Waals surface area (Å²) in [5.74, 6) is -0.242. The molecule has 18 heavy (non-hydrogen) atoms. The van der Waals surface area contributed by atoms with E-state index in [0.717, 1.165) is 22.4 Å². The van der Waals surface area contributed by atoms with Gasteiger partial charge in [0.25, 0.3) is 0 Å². The number of carbonyl (C=O) groups is 2. The van der Waals surface area contributed by atoms with Crippen LogP contribution in [0.5, 0.6) is 0 Å². The molecule has 0 aromatic heterocycles. The molecular formula is C13H19N3O2. The van der Waals surface area contributed by atoms with Crippen LogP contribution < -0.4 is 16.0 Å². The van der Waals surface area contributed by atoms with E-state index in [9.17, 15) is 9.59 Å². The third-order valence-electron chi connectivity index (χ3n) is 2.58. The minimum Gasteiger partial charge on any atom is -0.341 e. The lowest BCUT2D eigenvalue weighted by atomic mass is 10.1. The van der Waals surface area contributed by atoms with E-state index in [2.05, 4.69) is 16.0 Å². The van der Waals surface area contributed by atoms with Gasteiger partial charge in [-0.3, -0.25) is 4.79 Å². The zero-order valence-electron chi connectivity index (χ0n) is 11.2. The lowest BCUT2D eigenvalue weighted by Gasteiger charge is -2.13. The number of nitrogens with one attached hydrogen (secondary N) is 3. The average molecular weight is 249 g/mol. The van der Waals surface area contributed by atoms with Gasteiger partial charge in [0.1, 0.15) is 0 Å². The van der Waals surface area contributed by atoms with E-state index in [1.807, 2.05) is 32.9 Å². The van der Waals surface area contributed by atoms with Crippen LogP contribution in [0, 0.1) is 20.8 Å². The second kappa shape index (κ2) is 6.05. The molecule has 5 heteroatoms. The smallest absolute Gasteiger partial charge is 0.314 e. The topological polar surface area (TPSA) is 70.2 Å². The van der Waals surface area contributed by atoms with Crippen LogP contribution in [-0.2, 0) is 4.79 Å². The van der Waals surface area contributed by atoms with Crippen molar-refractivity contribution in [2.24, 2.45) is 0 Å². The highest BCUT2D eigenvalue weighted by Gasteiger charge is 2.08. The van der Waals surface area contributed by atoms with Crippen LogP contribution in [0.15, 0.2) is 12.1 Å². The van der Waals surface area contributed by atoms with Gasteiger partial charge in [0.2, 0.25) is 5.91 Å². The van der Waals surface area contributed by atoms with Crippen LogP contribution >= 0.6 is 0 Å². The Kier molecular flexibility index (Phi) is 4.71. The van der Waals surface area contributed by atoms with Crippen molar-refractivity contribution in [3.8, 4) is 0 Å². The Balaban J connectivity index is 2.68. The molecule has 1 aromatic rings. The van der Waals surface area contributed by atoms with Gasteiger partial charge in [-0.15, -0.1) is 0 Å². The first kappa shape index (κ1) is 14.0. The molecule has 1 aromatic carbocycles. The first-order valence-corrected chi connectivity index (χ1v) is 5.77. The Morgan fingerprint density at radius 3 is 2.17 bits per heavy atom. The monoisotopic (exact) mass is 249 g/mol. The number of hydrogen-bond donors (Lipinski definition) is 3. The SMILES string of the molecule is CNC(=O)NCC(=O)Nc1c(C)cc(C)cc1C. The highest BCUT2D eigenvalue weighted by molar-refractivity contribution is 5.95. The van der Waals surface area contributed by atoms with Crippen LogP contribution in [0.3, 0.4) is 0 Å². The number of rotatable bonds is 3. The minimum atomic E-state index is -0.373. The van der Waals surface area contributed by atoms with Gasteiger partial charge in [-0.1, -0.05) is 17.7 Å². The van der Waals surface area contributed by atoms with Gasteiger partial charge in [0.05, 0.1) is 6.54 Å². The van der Waals surface area contributed by atoms with Crippen molar-refractivity contribution in [1.82, 2.24) is 10.6 Å². The molecule has 0 aliphatic carbocycles. The van der Waals surface area contributed by atoms with Crippen molar-refractivity contribution >= 4 is 17.6 Å². The van der Waals surface area contributed by atoms with Gasteiger partial charge in [0.15, 0.2) is 0 Å². The average Bonchev–Trinajstić information content (AvgIpc) is 2.30. The van der Waals surface area contributed by atoms with Crippen LogP contribution in [0.4, 0.5) is 10.5 Å². The second-order valence-electron chi connectivity index (χ2n) is 4.25. The summed E-state index contributed by atoms with van der Waals surface area (Å²) in [7, 11) is 1.50. The molecule has 0 heterocycles. The molecule has 0 saturated carbocycles. The van der Waals surface area contributed by atoms with E-state index >= 15 is 0 Å². The van der Waals surface area contributed by atoms with Crippen LogP contribution in [0.25, 0.3) is 0 Å². The first-order chi connectivity index (χ1) is 8.43. The second-order valence-corrected chi connectivity index (χ2v) is 4.25. The Morgan fingerprint density at radius 2 is 1.67 bits per heavy atom. The summed E-state index contributed by atoms with van der Waals surface area (Å²) in [6.45, 7) is 5.86. The zero-order valence-corrected chi connectivity index (χ0v) is 11.2. The summed E-state index contributed by atoms with van der Waals surface area (Å²) in [6, 6.07) is 3.64. The fraction of sp³-hybridized carbons (Fsp3) is 0.385. The molecule has 98 valence electrons. The molecular weight excluding hydrogens is 230 g/mol. The largest absolute Gasteiger partial charge is 0.341 e. The summed E-state index contributed by atoms with van der Waals surface area (Å²) in [5, 5.41) is 7.63. The van der Waals surface area contributed by atoms with E-state index in [-0.39, 0.29) is 18.5 Å². The van der Waals surface area contributed by atoms with E-state index in [0.29, 0.717) is 0 Å². The fourth-order valence-corrected chi connectivity index (χ4v) is 1.81. The number of anilines is 1. The van der Waals surface area contributed by atoms with Crippen molar-refractivity contribution in [3.05, 3.63) is 28.8 Å². The molecule has 0 atom stereocenters. The number of benzene rings is 1. The number of urea groups is 1. The molecule has 5 nitrogen and oxygen atoms in total. The summed E-state index contributed by atoms with van der Waals surface area (Å²) >= 11 is 0. The Bertz CT molecular complexity index is 446. The van der Waals surface area contributed by atoms with Crippen molar-refractivity contribution in [2.45, 2.75) is 20.8 Å². The molecule has 3 amide bonds. The van der Waals surface area contributed by atoms with Crippen molar-refractivity contribution < 1.29 is 9.59 Å². The lowest BCUT2D eigenvalue weighted by Crippen LogP contribution is -2.38. The van der Waals surface area contributed by atoms with Gasteiger partial charge >= 0.3 is 6.03 Å². The minimum absolute atomic E-state index is 0.0492. The quantitative estimate of drug-likeness (QED) is 0.759. The maximum absolute atomic E-state index is 11.7. The summed E-state index contributed by atoms with van der Waals surface area (Å²) in [5.41, 5.74) is 4.00. The third kappa shape index (κ3) is 3.76. The molecule has 0 aliphatic heterocycles. The fourth-order valence-electron chi connectivity index (χ4n) is 1.81. The summed E-state index contributed by atoms with van der Waals surface area (Å²) < 4.78 is 0. The highest BCUT2D eigenvalue weighted by Crippen LogP contribution is 2.21. The van der Waals surface area contributed by atoms with Crippen LogP contribution in [0.2, 0.25) is 0 Å². The number of hydrogen-bond acceptors (Lipinski definition) is 2. The van der Waals surface area contributed by atoms with Crippen molar-refractivity contribution in [2.75, 3.05) is 18.9 Å². The Labute approximate surface area is 107 Å². The lowest BCUT2D eigenvalue weighted by molar-refractivity contribution is -0.115. The van der Waals surface area contributed by atoms with Crippen LogP contribution in [-0.4, -0.2) is 25.5 Å². The van der Waals surface area contributed by atoms with Crippen molar-refractivity contribution in [1.29, 1.82) is 0 Å².